The molecule has 0 aromatic heterocycles. The van der Waals surface area contributed by atoms with Gasteiger partial charge in [-0.1, -0.05) is 25.5 Å². The van der Waals surface area contributed by atoms with E-state index < -0.39 is 10.6 Å². The molecule has 6 nitrogen and oxygen atoms in total. The fourth-order valence-electron chi connectivity index (χ4n) is 1.51. The van der Waals surface area contributed by atoms with E-state index in [0.717, 1.165) is 12.8 Å². The number of rotatable bonds is 5. The summed E-state index contributed by atoms with van der Waals surface area (Å²) in [4.78, 5) is 14.5. The molecule has 17 heavy (non-hydrogen) atoms. The van der Waals surface area contributed by atoms with Crippen LogP contribution in [-0.4, -0.2) is 23.0 Å². The van der Waals surface area contributed by atoms with E-state index in [1.54, 1.807) is 12.2 Å². The van der Waals surface area contributed by atoms with Crippen LogP contribution < -0.4 is 11.5 Å². The van der Waals surface area contributed by atoms with Crippen molar-refractivity contribution in [1.82, 2.24) is 0 Å². The summed E-state index contributed by atoms with van der Waals surface area (Å²) in [5.74, 6) is 0.347. The molecule has 0 fully saturated rings. The largest absolute Gasteiger partial charge is 0.384 e. The third-order valence-corrected chi connectivity index (χ3v) is 2.62. The summed E-state index contributed by atoms with van der Waals surface area (Å²) in [5.41, 5.74) is 10.5. The monoisotopic (exact) mass is 238 g/mol. The molecule has 1 atom stereocenters. The second-order valence-electron chi connectivity index (χ2n) is 4.10. The Morgan fingerprint density at radius 2 is 2.41 bits per heavy atom. The van der Waals surface area contributed by atoms with E-state index in [1.165, 1.54) is 6.08 Å². The Morgan fingerprint density at radius 3 is 3.00 bits per heavy atom. The summed E-state index contributed by atoms with van der Waals surface area (Å²) in [7, 11) is 0. The van der Waals surface area contributed by atoms with E-state index in [2.05, 4.69) is 11.9 Å². The minimum atomic E-state index is -1.56. The average Bonchev–Trinajstić information content (AvgIpc) is 2.29. The number of hydrogen-bond donors (Lipinski definition) is 2. The molecule has 0 bridgehead atoms. The highest BCUT2D eigenvalue weighted by atomic mass is 16.6. The predicted molar refractivity (Wildman–Crippen MR) is 67.2 cm³/mol. The summed E-state index contributed by atoms with van der Waals surface area (Å²) in [6, 6.07) is 0. The Balaban J connectivity index is 2.74. The number of aliphatic imine (C=N–C) groups is 1. The van der Waals surface area contributed by atoms with Crippen molar-refractivity contribution in [2.75, 3.05) is 6.54 Å². The first kappa shape index (κ1) is 13.4. The summed E-state index contributed by atoms with van der Waals surface area (Å²) in [6.07, 6.45) is 6.72. The Labute approximate surface area is 100 Å². The van der Waals surface area contributed by atoms with Crippen LogP contribution in [-0.2, 0) is 0 Å². The maximum atomic E-state index is 10.8. The molecule has 1 aliphatic rings. The molecular formula is C11H18N4O2. The first-order valence-electron chi connectivity index (χ1n) is 5.61. The number of allylic oxidation sites excluding steroid dienone is 2. The van der Waals surface area contributed by atoms with Gasteiger partial charge in [0, 0.05) is 23.1 Å². The predicted octanol–water partition coefficient (Wildman–Crippen LogP) is 0.962. The molecule has 4 N–H and O–H groups in total. The van der Waals surface area contributed by atoms with Crippen molar-refractivity contribution in [2.24, 2.45) is 16.5 Å². The lowest BCUT2D eigenvalue weighted by atomic mass is 9.95. The standard InChI is InChI=1S/C11H18N4O2/c1-2-3-7-14-10(12)9-5-4-6-11(13,8-9)15(16)17/h4-6H,2-3,7-8,13H2,1H3,(H2,12,14). The summed E-state index contributed by atoms with van der Waals surface area (Å²) in [6.45, 7) is 2.70. The number of nitrogens with two attached hydrogens (primary N) is 2. The van der Waals surface area contributed by atoms with Gasteiger partial charge < -0.3 is 5.73 Å². The summed E-state index contributed by atoms with van der Waals surface area (Å²) in [5, 5.41) is 10.8. The molecule has 0 aliphatic heterocycles. The number of nitro groups is 1. The second kappa shape index (κ2) is 5.58. The van der Waals surface area contributed by atoms with Crippen molar-refractivity contribution in [2.45, 2.75) is 31.8 Å². The highest BCUT2D eigenvalue weighted by Crippen LogP contribution is 2.21. The lowest BCUT2D eigenvalue weighted by molar-refractivity contribution is -0.553. The molecule has 0 heterocycles. The van der Waals surface area contributed by atoms with Crippen molar-refractivity contribution in [1.29, 1.82) is 0 Å². The lowest BCUT2D eigenvalue weighted by Gasteiger charge is -2.20. The molecule has 0 amide bonds. The van der Waals surface area contributed by atoms with Gasteiger partial charge in [-0.2, -0.15) is 0 Å². The van der Waals surface area contributed by atoms with Crippen molar-refractivity contribution >= 4 is 5.84 Å². The quantitative estimate of drug-likeness (QED) is 0.186. The van der Waals surface area contributed by atoms with E-state index in [-0.39, 0.29) is 6.42 Å². The molecule has 6 heteroatoms. The molecule has 0 radical (unpaired) electrons. The first-order valence-corrected chi connectivity index (χ1v) is 5.61. The van der Waals surface area contributed by atoms with Crippen molar-refractivity contribution in [3.05, 3.63) is 33.9 Å². The minimum absolute atomic E-state index is 0.0813. The van der Waals surface area contributed by atoms with Gasteiger partial charge in [-0.15, -0.1) is 0 Å². The zero-order valence-corrected chi connectivity index (χ0v) is 9.93. The topological polar surface area (TPSA) is 108 Å². The number of amidine groups is 1. The van der Waals surface area contributed by atoms with Crippen molar-refractivity contribution in [3.8, 4) is 0 Å². The Hall–Kier alpha value is -1.69. The van der Waals surface area contributed by atoms with Crippen LogP contribution in [0.4, 0.5) is 0 Å². The van der Waals surface area contributed by atoms with Gasteiger partial charge >= 0.3 is 0 Å². The molecule has 1 unspecified atom stereocenters. The molecule has 0 saturated heterocycles. The molecule has 94 valence electrons. The van der Waals surface area contributed by atoms with Crippen LogP contribution in [0.15, 0.2) is 28.8 Å². The molecule has 0 aromatic carbocycles. The van der Waals surface area contributed by atoms with Gasteiger partial charge in [0.1, 0.15) is 5.84 Å². The van der Waals surface area contributed by atoms with Gasteiger partial charge in [-0.3, -0.25) is 20.8 Å². The van der Waals surface area contributed by atoms with Crippen molar-refractivity contribution < 1.29 is 4.92 Å². The number of unbranched alkanes of at least 4 members (excludes halogenated alkanes) is 1. The van der Waals surface area contributed by atoms with Crippen LogP contribution in [0.1, 0.15) is 26.2 Å². The summed E-state index contributed by atoms with van der Waals surface area (Å²) < 4.78 is 0. The maximum Gasteiger partial charge on any atom is 0.295 e. The van der Waals surface area contributed by atoms with Crippen LogP contribution in [0.2, 0.25) is 0 Å². The fourth-order valence-corrected chi connectivity index (χ4v) is 1.51. The fraction of sp³-hybridized carbons (Fsp3) is 0.545. The number of hydrogen-bond acceptors (Lipinski definition) is 4. The van der Waals surface area contributed by atoms with E-state index >= 15 is 0 Å². The average molecular weight is 238 g/mol. The van der Waals surface area contributed by atoms with Crippen LogP contribution in [0.3, 0.4) is 0 Å². The Morgan fingerprint density at radius 1 is 1.71 bits per heavy atom. The summed E-state index contributed by atoms with van der Waals surface area (Å²) >= 11 is 0. The van der Waals surface area contributed by atoms with Crippen LogP contribution in [0.5, 0.6) is 0 Å². The number of nitrogens with zero attached hydrogens (tertiary/aromatic N) is 2. The van der Waals surface area contributed by atoms with Gasteiger partial charge in [0.05, 0.1) is 6.42 Å². The molecule has 0 saturated carbocycles. The van der Waals surface area contributed by atoms with E-state index in [1.807, 2.05) is 0 Å². The molecule has 1 aliphatic carbocycles. The SMILES string of the molecule is CCCCN=C(N)C1=CC=CC(N)([N+](=O)[O-])C1. The van der Waals surface area contributed by atoms with Crippen molar-refractivity contribution in [3.63, 3.8) is 0 Å². The highest BCUT2D eigenvalue weighted by Gasteiger charge is 2.38. The smallest absolute Gasteiger partial charge is 0.295 e. The van der Waals surface area contributed by atoms with Gasteiger partial charge in [0.15, 0.2) is 0 Å². The third kappa shape index (κ3) is 3.39. The zero-order chi connectivity index (χ0) is 12.9. The van der Waals surface area contributed by atoms with E-state index in [9.17, 15) is 10.1 Å². The van der Waals surface area contributed by atoms with Crippen LogP contribution in [0.25, 0.3) is 0 Å². The Bertz CT molecular complexity index is 387. The van der Waals surface area contributed by atoms with Gasteiger partial charge in [-0.05, 0) is 6.42 Å². The molecule has 1 rings (SSSR count). The molecular weight excluding hydrogens is 220 g/mol. The second-order valence-corrected chi connectivity index (χ2v) is 4.10. The van der Waals surface area contributed by atoms with E-state index in [4.69, 9.17) is 11.5 Å². The minimum Gasteiger partial charge on any atom is -0.384 e. The van der Waals surface area contributed by atoms with Crippen LogP contribution >= 0.6 is 0 Å². The van der Waals surface area contributed by atoms with Crippen LogP contribution in [0, 0.1) is 10.1 Å². The van der Waals surface area contributed by atoms with Gasteiger partial charge in [-0.25, -0.2) is 0 Å². The van der Waals surface area contributed by atoms with Gasteiger partial charge in [0.2, 0.25) is 0 Å². The lowest BCUT2D eigenvalue weighted by Crippen LogP contribution is -2.48. The van der Waals surface area contributed by atoms with E-state index in [0.29, 0.717) is 18.0 Å². The normalized spacial score (nSPS) is 24.6. The molecule has 0 aromatic rings. The zero-order valence-electron chi connectivity index (χ0n) is 9.93. The third-order valence-electron chi connectivity index (χ3n) is 2.62. The Kier molecular flexibility index (Phi) is 4.39. The molecule has 0 spiro atoms. The maximum absolute atomic E-state index is 10.8. The first-order chi connectivity index (χ1) is 7.99. The highest BCUT2D eigenvalue weighted by molar-refractivity contribution is 5.97. The van der Waals surface area contributed by atoms with Gasteiger partial charge in [0.25, 0.3) is 5.66 Å².